The van der Waals surface area contributed by atoms with Crippen molar-refractivity contribution in [1.29, 1.82) is 0 Å². The van der Waals surface area contributed by atoms with E-state index in [-0.39, 0.29) is 18.6 Å². The Labute approximate surface area is 188 Å². The lowest BCUT2D eigenvalue weighted by molar-refractivity contribution is -0.00152. The van der Waals surface area contributed by atoms with Crippen LogP contribution in [0.5, 0.6) is 5.75 Å². The van der Waals surface area contributed by atoms with Gasteiger partial charge < -0.3 is 24.2 Å². The molecule has 1 fully saturated rings. The summed E-state index contributed by atoms with van der Waals surface area (Å²) in [6, 6.07) is 12.0. The van der Waals surface area contributed by atoms with Crippen molar-refractivity contribution >= 4 is 17.4 Å². The molecule has 1 N–H and O–H groups in total. The molecule has 1 amide bonds. The second-order valence-corrected chi connectivity index (χ2v) is 9.82. The zero-order valence-electron chi connectivity index (χ0n) is 18.6. The summed E-state index contributed by atoms with van der Waals surface area (Å²) in [6.07, 6.45) is 0.540. The lowest BCUT2D eigenvalue weighted by Gasteiger charge is -2.36. The fraction of sp³-hybridized carbons (Fsp3) is 0.542. The van der Waals surface area contributed by atoms with Gasteiger partial charge in [0.05, 0.1) is 32.5 Å². The van der Waals surface area contributed by atoms with E-state index in [1.165, 1.54) is 4.88 Å². The van der Waals surface area contributed by atoms with Gasteiger partial charge in [-0.3, -0.25) is 0 Å². The van der Waals surface area contributed by atoms with Crippen LogP contribution in [-0.2, 0) is 16.1 Å². The number of likely N-dealkylation sites (tertiary alicyclic amines) is 1. The molecule has 1 aromatic heterocycles. The van der Waals surface area contributed by atoms with E-state index >= 15 is 0 Å². The summed E-state index contributed by atoms with van der Waals surface area (Å²) >= 11 is 1.70. The van der Waals surface area contributed by atoms with Crippen molar-refractivity contribution in [1.82, 2.24) is 4.90 Å². The van der Waals surface area contributed by atoms with Crippen LogP contribution in [0.25, 0.3) is 0 Å². The van der Waals surface area contributed by atoms with Crippen LogP contribution >= 0.6 is 11.3 Å². The molecule has 0 bridgehead atoms. The molecule has 2 unspecified atom stereocenters. The fourth-order valence-corrected chi connectivity index (χ4v) is 4.18. The van der Waals surface area contributed by atoms with Crippen molar-refractivity contribution in [2.24, 2.45) is 0 Å². The van der Waals surface area contributed by atoms with E-state index in [1.54, 1.807) is 16.2 Å². The lowest BCUT2D eigenvalue weighted by atomic mass is 9.87. The van der Waals surface area contributed by atoms with Crippen LogP contribution in [0.1, 0.15) is 50.0 Å². The van der Waals surface area contributed by atoms with E-state index < -0.39 is 11.7 Å². The number of ether oxygens (including phenoxy) is 3. The zero-order chi connectivity index (χ0) is 22.3. The van der Waals surface area contributed by atoms with Gasteiger partial charge in [0.2, 0.25) is 0 Å². The minimum absolute atomic E-state index is 0.00149. The number of carbonyl (C=O) groups excluding carboxylic acids is 1. The second kappa shape index (κ2) is 11.0. The Balaban J connectivity index is 1.39. The molecule has 0 spiro atoms. The smallest absolute Gasteiger partial charge is 0.410 e. The normalized spacial score (nSPS) is 19.3. The van der Waals surface area contributed by atoms with Gasteiger partial charge in [0.15, 0.2) is 0 Å². The van der Waals surface area contributed by atoms with E-state index in [0.717, 1.165) is 17.7 Å². The molecule has 6 nitrogen and oxygen atoms in total. The van der Waals surface area contributed by atoms with Gasteiger partial charge in [0, 0.05) is 23.8 Å². The quantitative estimate of drug-likeness (QED) is 0.588. The molecule has 0 aliphatic carbocycles. The number of β-amino-alcohol motifs (C(OH)–C–C–N with tert-alkyl or cyclic N) is 1. The van der Waals surface area contributed by atoms with Gasteiger partial charge >= 0.3 is 6.09 Å². The first-order chi connectivity index (χ1) is 14.8. The van der Waals surface area contributed by atoms with E-state index in [1.807, 2.05) is 51.1 Å². The highest BCUT2D eigenvalue weighted by molar-refractivity contribution is 7.09. The molecule has 2 aromatic rings. The van der Waals surface area contributed by atoms with Gasteiger partial charge in [-0.1, -0.05) is 18.2 Å². The summed E-state index contributed by atoms with van der Waals surface area (Å²) in [6.45, 7) is 8.30. The Kier molecular flexibility index (Phi) is 8.35. The Bertz CT molecular complexity index is 800. The summed E-state index contributed by atoms with van der Waals surface area (Å²) in [5.74, 6) is 0.807. The third kappa shape index (κ3) is 7.52. The molecule has 2 atom stereocenters. The Morgan fingerprint density at radius 1 is 1.19 bits per heavy atom. The van der Waals surface area contributed by atoms with Gasteiger partial charge in [-0.05, 0) is 56.3 Å². The highest BCUT2D eigenvalue weighted by Crippen LogP contribution is 2.30. The zero-order valence-corrected chi connectivity index (χ0v) is 19.4. The van der Waals surface area contributed by atoms with Crippen molar-refractivity contribution in [3.05, 3.63) is 52.2 Å². The largest absolute Gasteiger partial charge is 0.494 e. The van der Waals surface area contributed by atoms with Crippen LogP contribution < -0.4 is 4.74 Å². The molecule has 31 heavy (non-hydrogen) atoms. The number of benzene rings is 1. The van der Waals surface area contributed by atoms with E-state index in [0.29, 0.717) is 32.8 Å². The molecule has 1 aromatic carbocycles. The topological polar surface area (TPSA) is 68.2 Å². The number of aliphatic hydroxyl groups is 1. The monoisotopic (exact) mass is 447 g/mol. The number of thiophene rings is 1. The van der Waals surface area contributed by atoms with Crippen molar-refractivity contribution in [2.75, 3.05) is 26.3 Å². The minimum atomic E-state index is -0.617. The third-order valence-electron chi connectivity index (χ3n) is 5.07. The van der Waals surface area contributed by atoms with Gasteiger partial charge in [0.25, 0.3) is 0 Å². The molecule has 0 radical (unpaired) electrons. The van der Waals surface area contributed by atoms with Crippen molar-refractivity contribution < 1.29 is 24.1 Å². The van der Waals surface area contributed by atoms with Gasteiger partial charge in [-0.2, -0.15) is 0 Å². The highest BCUT2D eigenvalue weighted by Gasteiger charge is 2.33. The molecule has 1 saturated heterocycles. The van der Waals surface area contributed by atoms with E-state index in [9.17, 15) is 9.90 Å². The maximum Gasteiger partial charge on any atom is 0.410 e. The molecule has 0 saturated carbocycles. The van der Waals surface area contributed by atoms with Crippen LogP contribution in [-0.4, -0.2) is 54.1 Å². The number of carbonyl (C=O) groups is 1. The van der Waals surface area contributed by atoms with Gasteiger partial charge in [-0.15, -0.1) is 11.3 Å². The Morgan fingerprint density at radius 2 is 1.97 bits per heavy atom. The third-order valence-corrected chi connectivity index (χ3v) is 5.92. The number of rotatable bonds is 8. The standard InChI is InChI=1S/C24H33NO5S/c1-24(2,3)30-23(27)25-12-11-21(22(26)16-25)18-7-9-19(10-8-18)29-14-5-13-28-17-20-6-4-15-31-20/h4,6-10,15,21-22,26H,5,11-14,16-17H2,1-3H3. The van der Waals surface area contributed by atoms with E-state index in [2.05, 4.69) is 11.4 Å². The van der Waals surface area contributed by atoms with Gasteiger partial charge in [0.1, 0.15) is 11.4 Å². The second-order valence-electron chi connectivity index (χ2n) is 8.79. The van der Waals surface area contributed by atoms with Crippen LogP contribution in [0, 0.1) is 0 Å². The van der Waals surface area contributed by atoms with Crippen molar-refractivity contribution in [2.45, 2.75) is 57.8 Å². The Morgan fingerprint density at radius 3 is 2.61 bits per heavy atom. The Hall–Kier alpha value is -2.09. The summed E-state index contributed by atoms with van der Waals surface area (Å²) in [5.41, 5.74) is 0.522. The van der Waals surface area contributed by atoms with E-state index in [4.69, 9.17) is 14.2 Å². The van der Waals surface area contributed by atoms with Crippen LogP contribution in [0.4, 0.5) is 4.79 Å². The molecular weight excluding hydrogens is 414 g/mol. The predicted octanol–water partition coefficient (Wildman–Crippen LogP) is 4.82. The summed E-state index contributed by atoms with van der Waals surface area (Å²) in [7, 11) is 0. The lowest BCUT2D eigenvalue weighted by Crippen LogP contribution is -2.47. The molecule has 170 valence electrons. The maximum atomic E-state index is 12.2. The number of aliphatic hydroxyl groups excluding tert-OH is 1. The number of piperidine rings is 1. The number of nitrogens with zero attached hydrogens (tertiary/aromatic N) is 1. The predicted molar refractivity (Wildman–Crippen MR) is 122 cm³/mol. The number of amides is 1. The SMILES string of the molecule is CC(C)(C)OC(=O)N1CCC(c2ccc(OCCCOCc3cccs3)cc2)C(O)C1. The van der Waals surface area contributed by atoms with Gasteiger partial charge in [-0.25, -0.2) is 4.79 Å². The van der Waals surface area contributed by atoms with Crippen LogP contribution in [0.15, 0.2) is 41.8 Å². The van der Waals surface area contributed by atoms with Crippen molar-refractivity contribution in [3.8, 4) is 5.75 Å². The summed E-state index contributed by atoms with van der Waals surface area (Å²) in [5, 5.41) is 12.7. The maximum absolute atomic E-state index is 12.2. The molecule has 3 rings (SSSR count). The first-order valence-corrected chi connectivity index (χ1v) is 11.7. The summed E-state index contributed by atoms with van der Waals surface area (Å²) < 4.78 is 16.9. The minimum Gasteiger partial charge on any atom is -0.494 e. The first-order valence-electron chi connectivity index (χ1n) is 10.8. The number of hydrogen-bond acceptors (Lipinski definition) is 6. The molecule has 1 aliphatic rings. The first kappa shape index (κ1) is 23.6. The summed E-state index contributed by atoms with van der Waals surface area (Å²) in [4.78, 5) is 15.1. The molecular formula is C24H33NO5S. The number of hydrogen-bond donors (Lipinski definition) is 1. The molecule has 2 heterocycles. The van der Waals surface area contributed by atoms with Crippen LogP contribution in [0.2, 0.25) is 0 Å². The fourth-order valence-electron chi connectivity index (χ4n) is 3.54. The van der Waals surface area contributed by atoms with Crippen LogP contribution in [0.3, 0.4) is 0 Å². The van der Waals surface area contributed by atoms with Crippen molar-refractivity contribution in [3.63, 3.8) is 0 Å². The average Bonchev–Trinajstić information content (AvgIpc) is 3.23. The molecule has 1 aliphatic heterocycles. The highest BCUT2D eigenvalue weighted by atomic mass is 32.1. The average molecular weight is 448 g/mol. The molecule has 7 heteroatoms.